The number of carbonyl (C=O) groups is 1. The number of benzene rings is 3. The normalized spacial score (nSPS) is 16.6. The Morgan fingerprint density at radius 2 is 1.65 bits per heavy atom. The van der Waals surface area contributed by atoms with Crippen LogP contribution >= 0.6 is 11.6 Å². The second-order valence-corrected chi connectivity index (χ2v) is 12.6. The Kier molecular flexibility index (Phi) is 8.93. The number of rotatable bonds is 11. The highest BCUT2D eigenvalue weighted by Gasteiger charge is 2.36. The standard InChI is InChI=1S/C35H41ClN4O3/c1-38(2)20-21-39(3)18-4-22-42-28-12-9-26(10-13-28)34-33-30(31-23-27(36)11-16-32(31)37-33)17-19-40(34)35(41)43-29-14-7-25(8-15-29)24-5-6-24/h7-16,23-24,34,37H,4-6,17-22H2,1-3H3. The fourth-order valence-corrected chi connectivity index (χ4v) is 6.11. The van der Waals surface area contributed by atoms with E-state index >= 15 is 0 Å². The molecule has 2 aliphatic rings. The summed E-state index contributed by atoms with van der Waals surface area (Å²) in [6.45, 7) is 4.26. The van der Waals surface area contributed by atoms with E-state index in [1.54, 1.807) is 0 Å². The van der Waals surface area contributed by atoms with Crippen molar-refractivity contribution in [2.24, 2.45) is 0 Å². The number of halogens is 1. The maximum atomic E-state index is 13.7. The van der Waals surface area contributed by atoms with Crippen LogP contribution in [0.4, 0.5) is 4.79 Å². The molecule has 1 atom stereocenters. The zero-order valence-corrected chi connectivity index (χ0v) is 26.1. The van der Waals surface area contributed by atoms with E-state index in [1.807, 2.05) is 47.4 Å². The molecule has 43 heavy (non-hydrogen) atoms. The van der Waals surface area contributed by atoms with Gasteiger partial charge >= 0.3 is 6.09 Å². The lowest BCUT2D eigenvalue weighted by molar-refractivity contribution is 0.135. The van der Waals surface area contributed by atoms with Crippen LogP contribution in [0.1, 0.15) is 53.6 Å². The van der Waals surface area contributed by atoms with E-state index in [9.17, 15) is 4.79 Å². The van der Waals surface area contributed by atoms with Crippen molar-refractivity contribution in [3.63, 3.8) is 0 Å². The fraction of sp³-hybridized carbons (Fsp3) is 0.400. The molecule has 1 N–H and O–H groups in total. The molecule has 4 aromatic rings. The van der Waals surface area contributed by atoms with Crippen LogP contribution in [0.3, 0.4) is 0 Å². The minimum absolute atomic E-state index is 0.326. The van der Waals surface area contributed by atoms with E-state index < -0.39 is 0 Å². The number of hydrogen-bond donors (Lipinski definition) is 1. The van der Waals surface area contributed by atoms with Gasteiger partial charge in [0, 0.05) is 47.8 Å². The highest BCUT2D eigenvalue weighted by molar-refractivity contribution is 6.31. The highest BCUT2D eigenvalue weighted by Crippen LogP contribution is 2.41. The van der Waals surface area contributed by atoms with Crippen molar-refractivity contribution in [2.45, 2.75) is 37.6 Å². The molecule has 1 aliphatic heterocycles. The summed E-state index contributed by atoms with van der Waals surface area (Å²) in [5.74, 6) is 2.05. The largest absolute Gasteiger partial charge is 0.494 e. The summed E-state index contributed by atoms with van der Waals surface area (Å²) >= 11 is 6.37. The zero-order chi connectivity index (χ0) is 29.9. The van der Waals surface area contributed by atoms with Gasteiger partial charge in [0.1, 0.15) is 17.5 Å². The van der Waals surface area contributed by atoms with Crippen molar-refractivity contribution in [1.82, 2.24) is 19.7 Å². The van der Waals surface area contributed by atoms with Gasteiger partial charge in [0.05, 0.1) is 6.61 Å². The number of fused-ring (bicyclic) bond motifs is 3. The van der Waals surface area contributed by atoms with Gasteiger partial charge < -0.3 is 24.3 Å². The number of hydrogen-bond acceptors (Lipinski definition) is 5. The second kappa shape index (κ2) is 13.0. The molecule has 1 amide bonds. The number of carbonyl (C=O) groups excluding carboxylic acids is 1. The van der Waals surface area contributed by atoms with Crippen LogP contribution in [0.2, 0.25) is 5.02 Å². The lowest BCUT2D eigenvalue weighted by Gasteiger charge is -2.35. The summed E-state index contributed by atoms with van der Waals surface area (Å²) in [7, 11) is 6.34. The van der Waals surface area contributed by atoms with Crippen molar-refractivity contribution < 1.29 is 14.3 Å². The first-order valence-corrected chi connectivity index (χ1v) is 15.7. The molecular formula is C35H41ClN4O3. The molecular weight excluding hydrogens is 560 g/mol. The number of nitrogens with one attached hydrogen (secondary N) is 1. The molecule has 3 aromatic carbocycles. The first-order chi connectivity index (χ1) is 20.9. The van der Waals surface area contributed by atoms with Crippen LogP contribution in [-0.2, 0) is 6.42 Å². The summed E-state index contributed by atoms with van der Waals surface area (Å²) < 4.78 is 12.0. The lowest BCUT2D eigenvalue weighted by atomic mass is 9.92. The number of amides is 1. The van der Waals surface area contributed by atoms with Crippen LogP contribution in [0.15, 0.2) is 66.7 Å². The maximum absolute atomic E-state index is 13.7. The van der Waals surface area contributed by atoms with Crippen molar-refractivity contribution >= 4 is 28.6 Å². The van der Waals surface area contributed by atoms with Gasteiger partial charge in [-0.05, 0) is 112 Å². The van der Waals surface area contributed by atoms with Gasteiger partial charge in [-0.2, -0.15) is 0 Å². The molecule has 6 rings (SSSR count). The van der Waals surface area contributed by atoms with Crippen molar-refractivity contribution in [2.75, 3.05) is 53.9 Å². The Morgan fingerprint density at radius 3 is 2.37 bits per heavy atom. The topological polar surface area (TPSA) is 61.0 Å². The van der Waals surface area contributed by atoms with Crippen LogP contribution in [0, 0.1) is 0 Å². The minimum atomic E-state index is -0.356. The Balaban J connectivity index is 1.19. The van der Waals surface area contributed by atoms with E-state index in [0.717, 1.165) is 54.0 Å². The van der Waals surface area contributed by atoms with Crippen LogP contribution < -0.4 is 9.47 Å². The first-order valence-electron chi connectivity index (χ1n) is 15.3. The molecule has 2 heterocycles. The third kappa shape index (κ3) is 7.01. The van der Waals surface area contributed by atoms with Crippen LogP contribution in [0.5, 0.6) is 11.5 Å². The molecule has 1 aromatic heterocycles. The molecule has 1 unspecified atom stereocenters. The summed E-state index contributed by atoms with van der Waals surface area (Å²) in [6.07, 6.45) is 3.79. The smallest absolute Gasteiger partial charge is 0.416 e. The third-order valence-corrected chi connectivity index (χ3v) is 8.77. The van der Waals surface area contributed by atoms with Gasteiger partial charge in [-0.15, -0.1) is 0 Å². The van der Waals surface area contributed by atoms with E-state index in [0.29, 0.717) is 36.3 Å². The van der Waals surface area contributed by atoms with E-state index in [4.69, 9.17) is 21.1 Å². The minimum Gasteiger partial charge on any atom is -0.494 e. The predicted octanol–water partition coefficient (Wildman–Crippen LogP) is 7.11. The van der Waals surface area contributed by atoms with Crippen LogP contribution in [-0.4, -0.2) is 79.7 Å². The molecule has 0 saturated heterocycles. The number of aromatic nitrogens is 1. The number of ether oxygens (including phenoxy) is 2. The quantitative estimate of drug-likeness (QED) is 0.186. The Morgan fingerprint density at radius 1 is 0.930 bits per heavy atom. The molecule has 0 spiro atoms. The average molecular weight is 601 g/mol. The summed E-state index contributed by atoms with van der Waals surface area (Å²) in [5.41, 5.74) is 5.52. The summed E-state index contributed by atoms with van der Waals surface area (Å²) in [5, 5.41) is 1.81. The first kappa shape index (κ1) is 29.5. The second-order valence-electron chi connectivity index (χ2n) is 12.1. The molecule has 1 aliphatic carbocycles. The molecule has 1 saturated carbocycles. The van der Waals surface area contributed by atoms with Gasteiger partial charge in [0.2, 0.25) is 0 Å². The zero-order valence-electron chi connectivity index (χ0n) is 25.3. The SMILES string of the molecule is CN(C)CCN(C)CCCOc1ccc(C2c3[nH]c4ccc(Cl)cc4c3CCN2C(=O)Oc2ccc(C3CC3)cc2)cc1. The van der Waals surface area contributed by atoms with Gasteiger partial charge in [-0.25, -0.2) is 4.79 Å². The average Bonchev–Trinajstić information content (AvgIpc) is 3.79. The highest BCUT2D eigenvalue weighted by atomic mass is 35.5. The number of likely N-dealkylation sites (N-methyl/N-ethyl adjacent to an activating group) is 2. The van der Waals surface area contributed by atoms with Gasteiger partial charge in [-0.3, -0.25) is 4.90 Å². The van der Waals surface area contributed by atoms with Gasteiger partial charge in [0.15, 0.2) is 0 Å². The van der Waals surface area contributed by atoms with E-state index in [1.165, 1.54) is 24.0 Å². The lowest BCUT2D eigenvalue weighted by Crippen LogP contribution is -2.42. The summed E-state index contributed by atoms with van der Waals surface area (Å²) in [6, 6.07) is 21.7. The van der Waals surface area contributed by atoms with E-state index in [-0.39, 0.29) is 12.1 Å². The number of nitrogens with zero attached hydrogens (tertiary/aromatic N) is 3. The molecule has 1 fully saturated rings. The van der Waals surface area contributed by atoms with Crippen molar-refractivity contribution in [3.8, 4) is 11.5 Å². The Labute approximate surface area is 259 Å². The molecule has 8 heteroatoms. The van der Waals surface area contributed by atoms with Crippen molar-refractivity contribution in [3.05, 3.63) is 94.1 Å². The maximum Gasteiger partial charge on any atom is 0.416 e. The monoisotopic (exact) mass is 600 g/mol. The van der Waals surface area contributed by atoms with E-state index in [2.05, 4.69) is 60.2 Å². The molecule has 7 nitrogen and oxygen atoms in total. The van der Waals surface area contributed by atoms with Crippen molar-refractivity contribution in [1.29, 1.82) is 0 Å². The number of H-pyrrole nitrogens is 1. The molecule has 226 valence electrons. The third-order valence-electron chi connectivity index (χ3n) is 8.54. The van der Waals surface area contributed by atoms with Gasteiger partial charge in [0.25, 0.3) is 0 Å². The molecule has 0 bridgehead atoms. The fourth-order valence-electron chi connectivity index (χ4n) is 5.94. The predicted molar refractivity (Wildman–Crippen MR) is 173 cm³/mol. The Bertz CT molecular complexity index is 1550. The van der Waals surface area contributed by atoms with Gasteiger partial charge in [-0.1, -0.05) is 35.9 Å². The van der Waals surface area contributed by atoms with Crippen LogP contribution in [0.25, 0.3) is 10.9 Å². The summed E-state index contributed by atoms with van der Waals surface area (Å²) in [4.78, 5) is 23.6. The Hall–Kier alpha value is -3.52. The molecule has 0 radical (unpaired) electrons. The number of aromatic amines is 1.